The molecule has 7 heteroatoms. The van der Waals surface area contributed by atoms with Crippen molar-refractivity contribution in [1.82, 2.24) is 14.8 Å². The van der Waals surface area contributed by atoms with E-state index in [9.17, 15) is 4.79 Å². The van der Waals surface area contributed by atoms with E-state index in [1.54, 1.807) is 24.3 Å². The molecule has 0 aliphatic heterocycles. The third kappa shape index (κ3) is 4.90. The molecule has 0 spiro atoms. The van der Waals surface area contributed by atoms with E-state index >= 15 is 0 Å². The molecule has 0 saturated carbocycles. The lowest BCUT2D eigenvalue weighted by atomic mass is 10.1. The molecule has 0 saturated heterocycles. The maximum Gasteiger partial charge on any atom is 0.191 e. The Labute approximate surface area is 167 Å². The van der Waals surface area contributed by atoms with Crippen LogP contribution in [0.15, 0.2) is 53.7 Å². The van der Waals surface area contributed by atoms with Crippen LogP contribution in [-0.2, 0) is 13.7 Å². The normalized spacial score (nSPS) is 12.0. The minimum Gasteiger partial charge on any atom is -0.486 e. The van der Waals surface area contributed by atoms with E-state index in [-0.39, 0.29) is 17.6 Å². The Bertz CT molecular complexity index is 923. The Balaban J connectivity index is 1.63. The van der Waals surface area contributed by atoms with Gasteiger partial charge in [0.05, 0.1) is 5.25 Å². The number of carbonyl (C=O) groups excluding carboxylic acids is 1. The van der Waals surface area contributed by atoms with Crippen LogP contribution in [0.5, 0.6) is 5.75 Å². The van der Waals surface area contributed by atoms with E-state index in [4.69, 9.17) is 16.3 Å². The molecule has 140 valence electrons. The number of aryl methyl sites for hydroxylation is 1. The van der Waals surface area contributed by atoms with Crippen molar-refractivity contribution >= 4 is 29.1 Å². The highest BCUT2D eigenvalue weighted by Gasteiger charge is 2.20. The lowest BCUT2D eigenvalue weighted by Crippen LogP contribution is -2.14. The third-order valence-electron chi connectivity index (χ3n) is 4.09. The smallest absolute Gasteiger partial charge is 0.191 e. The number of aromatic nitrogens is 3. The molecule has 0 unspecified atom stereocenters. The second-order valence-corrected chi connectivity index (χ2v) is 7.94. The van der Waals surface area contributed by atoms with Gasteiger partial charge in [-0.3, -0.25) is 4.79 Å². The summed E-state index contributed by atoms with van der Waals surface area (Å²) in [4.78, 5) is 12.6. The summed E-state index contributed by atoms with van der Waals surface area (Å²) in [6, 6.07) is 14.7. The van der Waals surface area contributed by atoms with Gasteiger partial charge in [0.15, 0.2) is 16.8 Å². The van der Waals surface area contributed by atoms with E-state index in [0.717, 1.165) is 5.56 Å². The number of thioether (sulfide) groups is 1. The first kappa shape index (κ1) is 19.5. The minimum absolute atomic E-state index is 0.0713. The van der Waals surface area contributed by atoms with Crippen LogP contribution in [0.4, 0.5) is 0 Å². The van der Waals surface area contributed by atoms with Gasteiger partial charge >= 0.3 is 0 Å². The van der Waals surface area contributed by atoms with Crippen LogP contribution in [-0.4, -0.2) is 25.8 Å². The van der Waals surface area contributed by atoms with Gasteiger partial charge in [-0.15, -0.1) is 10.2 Å². The maximum atomic E-state index is 12.6. The molecule has 27 heavy (non-hydrogen) atoms. The molecule has 0 fully saturated rings. The molecule has 3 rings (SSSR count). The summed E-state index contributed by atoms with van der Waals surface area (Å²) < 4.78 is 7.56. The fourth-order valence-corrected chi connectivity index (χ4v) is 3.45. The van der Waals surface area contributed by atoms with E-state index in [1.807, 2.05) is 49.7 Å². The molecule has 0 bridgehead atoms. The number of benzene rings is 2. The quantitative estimate of drug-likeness (QED) is 0.423. The molecular formula is C20H20ClN3O2S. The van der Waals surface area contributed by atoms with Gasteiger partial charge in [0.2, 0.25) is 0 Å². The van der Waals surface area contributed by atoms with E-state index in [2.05, 4.69) is 10.2 Å². The zero-order valence-electron chi connectivity index (χ0n) is 15.3. The van der Waals surface area contributed by atoms with Crippen LogP contribution in [0.3, 0.4) is 0 Å². The van der Waals surface area contributed by atoms with Crippen molar-refractivity contribution in [2.24, 2.45) is 7.05 Å². The Kier molecular flexibility index (Phi) is 6.19. The predicted octanol–water partition coefficient (Wildman–Crippen LogP) is 4.72. The Morgan fingerprint density at radius 3 is 2.48 bits per heavy atom. The molecule has 5 nitrogen and oxygen atoms in total. The first-order valence-electron chi connectivity index (χ1n) is 8.48. The van der Waals surface area contributed by atoms with Crippen molar-refractivity contribution in [3.8, 4) is 5.75 Å². The van der Waals surface area contributed by atoms with Gasteiger partial charge in [0.1, 0.15) is 12.4 Å². The third-order valence-corrected chi connectivity index (χ3v) is 5.48. The molecular weight excluding hydrogens is 382 g/mol. The highest BCUT2D eigenvalue weighted by Crippen LogP contribution is 2.25. The second-order valence-electron chi connectivity index (χ2n) is 6.19. The molecule has 0 aliphatic rings. The van der Waals surface area contributed by atoms with Gasteiger partial charge in [-0.1, -0.05) is 53.2 Å². The molecule has 0 aliphatic carbocycles. The van der Waals surface area contributed by atoms with Gasteiger partial charge in [-0.2, -0.15) is 0 Å². The molecule has 0 N–H and O–H groups in total. The molecule has 1 aromatic heterocycles. The van der Waals surface area contributed by atoms with Gasteiger partial charge < -0.3 is 9.30 Å². The van der Waals surface area contributed by atoms with Crippen LogP contribution in [0.25, 0.3) is 0 Å². The zero-order valence-corrected chi connectivity index (χ0v) is 16.9. The summed E-state index contributed by atoms with van der Waals surface area (Å²) in [5, 5.41) is 9.44. The fourth-order valence-electron chi connectivity index (χ4n) is 2.42. The Hall–Kier alpha value is -2.31. The van der Waals surface area contributed by atoms with Crippen molar-refractivity contribution in [2.75, 3.05) is 0 Å². The molecule has 3 aromatic rings. The SMILES string of the molecule is Cc1ccc(C(=O)[C@H](C)Sc2nnc(COc3ccc(Cl)cc3)n2C)cc1. The number of hydrogen-bond donors (Lipinski definition) is 0. The topological polar surface area (TPSA) is 57.0 Å². The number of halogens is 1. The molecule has 0 radical (unpaired) electrons. The van der Waals surface area contributed by atoms with Crippen LogP contribution >= 0.6 is 23.4 Å². The van der Waals surface area contributed by atoms with Gasteiger partial charge in [0, 0.05) is 17.6 Å². The van der Waals surface area contributed by atoms with Crippen molar-refractivity contribution in [3.05, 3.63) is 70.5 Å². The van der Waals surface area contributed by atoms with Crippen molar-refractivity contribution in [2.45, 2.75) is 30.9 Å². The van der Waals surface area contributed by atoms with E-state index in [1.165, 1.54) is 11.8 Å². The Morgan fingerprint density at radius 1 is 1.15 bits per heavy atom. The first-order valence-corrected chi connectivity index (χ1v) is 9.74. The summed E-state index contributed by atoms with van der Waals surface area (Å²) in [5.74, 6) is 1.46. The van der Waals surface area contributed by atoms with Crippen molar-refractivity contribution < 1.29 is 9.53 Å². The lowest BCUT2D eigenvalue weighted by molar-refractivity contribution is 0.0994. The second kappa shape index (κ2) is 8.59. The van der Waals surface area contributed by atoms with Crippen molar-refractivity contribution in [1.29, 1.82) is 0 Å². The predicted molar refractivity (Wildman–Crippen MR) is 108 cm³/mol. The maximum absolute atomic E-state index is 12.6. The number of nitrogens with zero attached hydrogens (tertiary/aromatic N) is 3. The van der Waals surface area contributed by atoms with Crippen LogP contribution in [0.1, 0.15) is 28.7 Å². The van der Waals surface area contributed by atoms with Gasteiger partial charge in [-0.05, 0) is 38.1 Å². The molecule has 2 aromatic carbocycles. The van der Waals surface area contributed by atoms with E-state index in [0.29, 0.717) is 27.3 Å². The number of ether oxygens (including phenoxy) is 1. The lowest BCUT2D eigenvalue weighted by Gasteiger charge is -2.10. The standard InChI is InChI=1S/C20H20ClN3O2S/c1-13-4-6-15(7-5-13)19(25)14(2)27-20-23-22-18(24(20)3)12-26-17-10-8-16(21)9-11-17/h4-11,14H,12H2,1-3H3/t14-/m0/s1. The first-order chi connectivity index (χ1) is 12.9. The van der Waals surface area contributed by atoms with Crippen molar-refractivity contribution in [3.63, 3.8) is 0 Å². The minimum atomic E-state index is -0.263. The summed E-state index contributed by atoms with van der Waals surface area (Å²) in [6.45, 7) is 4.16. The molecule has 1 heterocycles. The number of carbonyl (C=O) groups is 1. The Morgan fingerprint density at radius 2 is 1.81 bits per heavy atom. The summed E-state index contributed by atoms with van der Waals surface area (Å²) in [6.07, 6.45) is 0. The number of Topliss-reactive ketones (excluding diaryl/α,β-unsaturated/α-hetero) is 1. The number of ketones is 1. The highest BCUT2D eigenvalue weighted by molar-refractivity contribution is 8.00. The summed E-state index contributed by atoms with van der Waals surface area (Å²) >= 11 is 7.26. The van der Waals surface area contributed by atoms with Crippen LogP contribution in [0, 0.1) is 6.92 Å². The number of rotatable bonds is 7. The summed E-state index contributed by atoms with van der Waals surface area (Å²) in [5.41, 5.74) is 1.83. The van der Waals surface area contributed by atoms with E-state index < -0.39 is 0 Å². The van der Waals surface area contributed by atoms with Gasteiger partial charge in [-0.25, -0.2) is 0 Å². The molecule has 0 amide bonds. The summed E-state index contributed by atoms with van der Waals surface area (Å²) in [7, 11) is 1.87. The average molecular weight is 402 g/mol. The number of hydrogen-bond acceptors (Lipinski definition) is 5. The zero-order chi connectivity index (χ0) is 19.4. The van der Waals surface area contributed by atoms with Crippen LogP contribution in [0.2, 0.25) is 5.02 Å². The van der Waals surface area contributed by atoms with Gasteiger partial charge in [0.25, 0.3) is 0 Å². The largest absolute Gasteiger partial charge is 0.486 e. The van der Waals surface area contributed by atoms with Crippen LogP contribution < -0.4 is 4.74 Å². The average Bonchev–Trinajstić information content (AvgIpc) is 3.01. The highest BCUT2D eigenvalue weighted by atomic mass is 35.5. The monoisotopic (exact) mass is 401 g/mol. The fraction of sp³-hybridized carbons (Fsp3) is 0.250. The molecule has 1 atom stereocenters.